The zero-order valence-electron chi connectivity index (χ0n) is 11.4. The van der Waals surface area contributed by atoms with Crippen LogP contribution >= 0.6 is 0 Å². The minimum atomic E-state index is 0.622. The maximum atomic E-state index is 5.38. The van der Waals surface area contributed by atoms with Gasteiger partial charge in [-0.05, 0) is 31.0 Å². The number of rotatable bonds is 6. The molecule has 0 aliphatic rings. The predicted molar refractivity (Wildman–Crippen MR) is 76.3 cm³/mol. The fourth-order valence-corrected chi connectivity index (χ4v) is 1.87. The Morgan fingerprint density at radius 3 is 2.84 bits per heavy atom. The molecule has 0 radical (unpaired) electrons. The fraction of sp³-hybridized carbons (Fsp3) is 0.333. The van der Waals surface area contributed by atoms with Gasteiger partial charge in [-0.1, -0.05) is 19.1 Å². The zero-order valence-corrected chi connectivity index (χ0v) is 11.4. The second-order valence-electron chi connectivity index (χ2n) is 4.11. The van der Waals surface area contributed by atoms with Crippen LogP contribution in [0.2, 0.25) is 0 Å². The minimum Gasteiger partial charge on any atom is -0.478 e. The third-order valence-electron chi connectivity index (χ3n) is 2.82. The summed E-state index contributed by atoms with van der Waals surface area (Å²) in [6.45, 7) is 5.38. The van der Waals surface area contributed by atoms with Crippen molar-refractivity contribution in [2.45, 2.75) is 26.8 Å². The molecule has 2 rings (SSSR count). The second-order valence-corrected chi connectivity index (χ2v) is 4.11. The number of nitrogens with one attached hydrogen (secondary N) is 1. The molecule has 0 aliphatic heterocycles. The Bertz CT molecular complexity index is 528. The molecule has 4 heteroatoms. The molecule has 0 unspecified atom stereocenters. The summed E-state index contributed by atoms with van der Waals surface area (Å²) >= 11 is 0. The maximum absolute atomic E-state index is 5.38. The first-order valence-corrected chi connectivity index (χ1v) is 6.60. The van der Waals surface area contributed by atoms with Crippen LogP contribution in [-0.2, 0) is 13.0 Å². The molecule has 0 bridgehead atoms. The van der Waals surface area contributed by atoms with Crippen molar-refractivity contribution >= 4 is 5.82 Å². The molecule has 0 saturated heterocycles. The lowest BCUT2D eigenvalue weighted by Gasteiger charge is -2.09. The highest BCUT2D eigenvalue weighted by atomic mass is 16.5. The first-order valence-electron chi connectivity index (χ1n) is 6.60. The van der Waals surface area contributed by atoms with Crippen molar-refractivity contribution < 1.29 is 4.74 Å². The summed E-state index contributed by atoms with van der Waals surface area (Å²) < 4.78 is 5.38. The molecule has 0 saturated carbocycles. The summed E-state index contributed by atoms with van der Waals surface area (Å²) in [6.07, 6.45) is 2.80. The van der Waals surface area contributed by atoms with Gasteiger partial charge in [-0.2, -0.15) is 4.98 Å². The number of hydrogen-bond acceptors (Lipinski definition) is 4. The van der Waals surface area contributed by atoms with Crippen molar-refractivity contribution in [3.63, 3.8) is 0 Å². The fourth-order valence-electron chi connectivity index (χ4n) is 1.87. The predicted octanol–water partition coefficient (Wildman–Crippen LogP) is 3.05. The van der Waals surface area contributed by atoms with Crippen molar-refractivity contribution in [1.29, 1.82) is 0 Å². The Labute approximate surface area is 113 Å². The second kappa shape index (κ2) is 6.73. The van der Waals surface area contributed by atoms with Crippen LogP contribution in [0.4, 0.5) is 5.82 Å². The van der Waals surface area contributed by atoms with Crippen LogP contribution < -0.4 is 10.1 Å². The standard InChI is InChI=1S/C15H19N3O/c1-3-12-7-6-10-16-13(12)11-17-14-8-5-9-15(18-14)19-4-2/h5-10H,3-4,11H2,1-2H3,(H,17,18). The van der Waals surface area contributed by atoms with Gasteiger partial charge in [0.25, 0.3) is 0 Å². The normalized spacial score (nSPS) is 10.2. The third kappa shape index (κ3) is 3.68. The van der Waals surface area contributed by atoms with Gasteiger partial charge in [-0.25, -0.2) is 0 Å². The molecule has 2 aromatic rings. The molecule has 0 aliphatic carbocycles. The summed E-state index contributed by atoms with van der Waals surface area (Å²) in [7, 11) is 0. The Morgan fingerprint density at radius 2 is 2.05 bits per heavy atom. The molecule has 0 amide bonds. The SMILES string of the molecule is CCOc1cccc(NCc2ncccc2CC)n1. The smallest absolute Gasteiger partial charge is 0.215 e. The maximum Gasteiger partial charge on any atom is 0.215 e. The number of anilines is 1. The van der Waals surface area contributed by atoms with Gasteiger partial charge in [0.05, 0.1) is 18.8 Å². The highest BCUT2D eigenvalue weighted by Crippen LogP contribution is 2.13. The van der Waals surface area contributed by atoms with E-state index in [0.717, 1.165) is 17.9 Å². The van der Waals surface area contributed by atoms with Gasteiger partial charge in [0.2, 0.25) is 5.88 Å². The van der Waals surface area contributed by atoms with Crippen LogP contribution in [0, 0.1) is 0 Å². The van der Waals surface area contributed by atoms with Crippen LogP contribution in [0.3, 0.4) is 0 Å². The minimum absolute atomic E-state index is 0.622. The van der Waals surface area contributed by atoms with E-state index in [1.807, 2.05) is 37.4 Å². The van der Waals surface area contributed by atoms with Crippen molar-refractivity contribution in [3.8, 4) is 5.88 Å². The van der Waals surface area contributed by atoms with E-state index >= 15 is 0 Å². The highest BCUT2D eigenvalue weighted by Gasteiger charge is 2.02. The number of ether oxygens (including phenoxy) is 1. The van der Waals surface area contributed by atoms with E-state index in [0.29, 0.717) is 19.0 Å². The highest BCUT2D eigenvalue weighted by molar-refractivity contribution is 5.38. The van der Waals surface area contributed by atoms with Gasteiger partial charge in [0.15, 0.2) is 0 Å². The summed E-state index contributed by atoms with van der Waals surface area (Å²) in [4.78, 5) is 8.77. The summed E-state index contributed by atoms with van der Waals surface area (Å²) in [6, 6.07) is 9.79. The van der Waals surface area contributed by atoms with Crippen LogP contribution in [0.5, 0.6) is 5.88 Å². The molecule has 0 spiro atoms. The zero-order chi connectivity index (χ0) is 13.5. The van der Waals surface area contributed by atoms with Gasteiger partial charge in [-0.3, -0.25) is 4.98 Å². The molecular formula is C15H19N3O. The lowest BCUT2D eigenvalue weighted by molar-refractivity contribution is 0.327. The number of aromatic nitrogens is 2. The van der Waals surface area contributed by atoms with E-state index in [2.05, 4.69) is 28.3 Å². The van der Waals surface area contributed by atoms with Crippen molar-refractivity contribution in [2.75, 3.05) is 11.9 Å². The van der Waals surface area contributed by atoms with E-state index in [9.17, 15) is 0 Å². The first kappa shape index (κ1) is 13.3. The Morgan fingerprint density at radius 1 is 1.16 bits per heavy atom. The van der Waals surface area contributed by atoms with Gasteiger partial charge < -0.3 is 10.1 Å². The number of pyridine rings is 2. The number of hydrogen-bond donors (Lipinski definition) is 1. The molecule has 2 heterocycles. The van der Waals surface area contributed by atoms with E-state index in [4.69, 9.17) is 4.74 Å². The van der Waals surface area contributed by atoms with Crippen LogP contribution in [0.1, 0.15) is 25.1 Å². The average Bonchev–Trinajstić information content (AvgIpc) is 2.46. The molecule has 0 aromatic carbocycles. The molecule has 0 atom stereocenters. The lowest BCUT2D eigenvalue weighted by atomic mass is 10.1. The molecule has 100 valence electrons. The quantitative estimate of drug-likeness (QED) is 0.864. The van der Waals surface area contributed by atoms with E-state index < -0.39 is 0 Å². The Kier molecular flexibility index (Phi) is 4.72. The van der Waals surface area contributed by atoms with Crippen molar-refractivity contribution in [2.24, 2.45) is 0 Å². The summed E-state index contributed by atoms with van der Waals surface area (Å²) in [5.41, 5.74) is 2.32. The Balaban J connectivity index is 2.03. The third-order valence-corrected chi connectivity index (χ3v) is 2.82. The largest absolute Gasteiger partial charge is 0.478 e. The van der Waals surface area contributed by atoms with Gasteiger partial charge >= 0.3 is 0 Å². The monoisotopic (exact) mass is 257 g/mol. The lowest BCUT2D eigenvalue weighted by Crippen LogP contribution is -2.06. The van der Waals surface area contributed by atoms with E-state index in [-0.39, 0.29) is 0 Å². The molecular weight excluding hydrogens is 238 g/mol. The Hall–Kier alpha value is -2.10. The van der Waals surface area contributed by atoms with Crippen LogP contribution in [-0.4, -0.2) is 16.6 Å². The van der Waals surface area contributed by atoms with Crippen molar-refractivity contribution in [3.05, 3.63) is 47.8 Å². The summed E-state index contributed by atoms with van der Waals surface area (Å²) in [5, 5.41) is 3.28. The van der Waals surface area contributed by atoms with E-state index in [1.54, 1.807) is 0 Å². The van der Waals surface area contributed by atoms with Gasteiger partial charge in [0, 0.05) is 12.3 Å². The number of aryl methyl sites for hydroxylation is 1. The van der Waals surface area contributed by atoms with Crippen LogP contribution in [0.15, 0.2) is 36.5 Å². The number of nitrogens with zero attached hydrogens (tertiary/aromatic N) is 2. The topological polar surface area (TPSA) is 47.0 Å². The first-order chi connectivity index (χ1) is 9.33. The molecule has 4 nitrogen and oxygen atoms in total. The van der Waals surface area contributed by atoms with Crippen LogP contribution in [0.25, 0.3) is 0 Å². The molecule has 2 aromatic heterocycles. The van der Waals surface area contributed by atoms with Crippen molar-refractivity contribution in [1.82, 2.24) is 9.97 Å². The average molecular weight is 257 g/mol. The van der Waals surface area contributed by atoms with Gasteiger partial charge in [0.1, 0.15) is 5.82 Å². The molecule has 0 fully saturated rings. The summed E-state index contributed by atoms with van der Waals surface area (Å²) in [5.74, 6) is 1.45. The molecule has 1 N–H and O–H groups in total. The van der Waals surface area contributed by atoms with E-state index in [1.165, 1.54) is 5.56 Å². The molecule has 19 heavy (non-hydrogen) atoms. The van der Waals surface area contributed by atoms with Gasteiger partial charge in [-0.15, -0.1) is 0 Å².